The lowest BCUT2D eigenvalue weighted by Crippen LogP contribution is -2.27. The number of methoxy groups -OCH3 is 1. The SMILES string of the molecule is CCNCC(Cc1cc(C)ccc1OC)C(C)C. The van der Waals surface area contributed by atoms with Crippen LogP contribution < -0.4 is 10.1 Å². The topological polar surface area (TPSA) is 21.3 Å². The van der Waals surface area contributed by atoms with E-state index < -0.39 is 0 Å². The second-order valence-corrected chi connectivity index (χ2v) is 5.33. The van der Waals surface area contributed by atoms with Gasteiger partial charge in [-0.1, -0.05) is 38.5 Å². The fourth-order valence-corrected chi connectivity index (χ4v) is 2.22. The van der Waals surface area contributed by atoms with Crippen molar-refractivity contribution < 1.29 is 4.74 Å². The van der Waals surface area contributed by atoms with Crippen molar-refractivity contribution in [1.82, 2.24) is 5.32 Å². The maximum atomic E-state index is 5.47. The summed E-state index contributed by atoms with van der Waals surface area (Å²) in [5.74, 6) is 2.35. The molecule has 0 radical (unpaired) electrons. The van der Waals surface area contributed by atoms with Crippen LogP contribution in [0.3, 0.4) is 0 Å². The van der Waals surface area contributed by atoms with E-state index in [-0.39, 0.29) is 0 Å². The van der Waals surface area contributed by atoms with E-state index in [4.69, 9.17) is 4.74 Å². The van der Waals surface area contributed by atoms with Crippen molar-refractivity contribution >= 4 is 0 Å². The van der Waals surface area contributed by atoms with Gasteiger partial charge in [0, 0.05) is 0 Å². The van der Waals surface area contributed by atoms with Crippen molar-refractivity contribution in [3.63, 3.8) is 0 Å². The van der Waals surface area contributed by atoms with Crippen molar-refractivity contribution in [3.05, 3.63) is 29.3 Å². The number of ether oxygens (including phenoxy) is 1. The van der Waals surface area contributed by atoms with Crippen molar-refractivity contribution in [3.8, 4) is 5.75 Å². The normalized spacial score (nSPS) is 12.8. The second-order valence-electron chi connectivity index (χ2n) is 5.33. The van der Waals surface area contributed by atoms with Gasteiger partial charge in [0.05, 0.1) is 7.11 Å². The molecular formula is C16H27NO. The molecule has 0 saturated heterocycles. The predicted molar refractivity (Wildman–Crippen MR) is 78.3 cm³/mol. The zero-order valence-electron chi connectivity index (χ0n) is 12.4. The van der Waals surface area contributed by atoms with Gasteiger partial charge in [-0.2, -0.15) is 0 Å². The number of nitrogens with one attached hydrogen (secondary N) is 1. The minimum Gasteiger partial charge on any atom is -0.496 e. The molecule has 0 heterocycles. The molecular weight excluding hydrogens is 222 g/mol. The summed E-state index contributed by atoms with van der Waals surface area (Å²) in [5.41, 5.74) is 2.63. The Morgan fingerprint density at radius 2 is 2.00 bits per heavy atom. The van der Waals surface area contributed by atoms with E-state index in [2.05, 4.69) is 51.2 Å². The van der Waals surface area contributed by atoms with Crippen LogP contribution in [0, 0.1) is 18.8 Å². The van der Waals surface area contributed by atoms with E-state index >= 15 is 0 Å². The average Bonchev–Trinajstić information content (AvgIpc) is 2.34. The molecule has 0 spiro atoms. The van der Waals surface area contributed by atoms with E-state index in [9.17, 15) is 0 Å². The lowest BCUT2D eigenvalue weighted by Gasteiger charge is -2.22. The van der Waals surface area contributed by atoms with Gasteiger partial charge in [-0.05, 0) is 49.9 Å². The molecule has 2 heteroatoms. The standard InChI is InChI=1S/C16H27NO/c1-6-17-11-15(12(2)3)10-14-9-13(4)7-8-16(14)18-5/h7-9,12,15,17H,6,10-11H2,1-5H3. The highest BCUT2D eigenvalue weighted by Gasteiger charge is 2.16. The molecule has 1 N–H and O–H groups in total. The van der Waals surface area contributed by atoms with Crippen molar-refractivity contribution in [2.45, 2.75) is 34.1 Å². The molecule has 0 fully saturated rings. The molecule has 0 aromatic heterocycles. The summed E-state index contributed by atoms with van der Waals surface area (Å²) < 4.78 is 5.47. The summed E-state index contributed by atoms with van der Waals surface area (Å²) in [7, 11) is 1.75. The third kappa shape index (κ3) is 4.34. The zero-order chi connectivity index (χ0) is 13.5. The van der Waals surface area contributed by atoms with Crippen LogP contribution in [0.25, 0.3) is 0 Å². The third-order valence-electron chi connectivity index (χ3n) is 3.52. The highest BCUT2D eigenvalue weighted by atomic mass is 16.5. The first kappa shape index (κ1) is 15.0. The Morgan fingerprint density at radius 3 is 2.56 bits per heavy atom. The number of hydrogen-bond donors (Lipinski definition) is 1. The zero-order valence-corrected chi connectivity index (χ0v) is 12.4. The molecule has 18 heavy (non-hydrogen) atoms. The van der Waals surface area contributed by atoms with E-state index in [1.165, 1.54) is 11.1 Å². The smallest absolute Gasteiger partial charge is 0.122 e. The maximum Gasteiger partial charge on any atom is 0.122 e. The van der Waals surface area contributed by atoms with E-state index in [0.29, 0.717) is 11.8 Å². The predicted octanol–water partition coefficient (Wildman–Crippen LogP) is 3.43. The van der Waals surface area contributed by atoms with Gasteiger partial charge in [-0.25, -0.2) is 0 Å². The minimum atomic E-state index is 0.653. The van der Waals surface area contributed by atoms with Gasteiger partial charge in [0.15, 0.2) is 0 Å². The molecule has 0 aliphatic rings. The van der Waals surface area contributed by atoms with Gasteiger partial charge in [0.1, 0.15) is 5.75 Å². The summed E-state index contributed by atoms with van der Waals surface area (Å²) in [6.45, 7) is 11.0. The molecule has 0 amide bonds. The van der Waals surface area contributed by atoms with E-state index in [0.717, 1.165) is 25.3 Å². The van der Waals surface area contributed by atoms with Crippen LogP contribution in [0.5, 0.6) is 5.75 Å². The molecule has 0 aliphatic heterocycles. The van der Waals surface area contributed by atoms with Crippen molar-refractivity contribution in [2.24, 2.45) is 11.8 Å². The maximum absolute atomic E-state index is 5.47. The Balaban J connectivity index is 2.81. The molecule has 1 aromatic rings. The molecule has 2 nitrogen and oxygen atoms in total. The van der Waals surface area contributed by atoms with Crippen molar-refractivity contribution in [2.75, 3.05) is 20.2 Å². The lowest BCUT2D eigenvalue weighted by atomic mass is 9.88. The van der Waals surface area contributed by atoms with Crippen molar-refractivity contribution in [1.29, 1.82) is 0 Å². The number of benzene rings is 1. The molecule has 1 unspecified atom stereocenters. The first-order chi connectivity index (χ1) is 8.58. The molecule has 1 rings (SSSR count). The third-order valence-corrected chi connectivity index (χ3v) is 3.52. The fraction of sp³-hybridized carbons (Fsp3) is 0.625. The van der Waals surface area contributed by atoms with Gasteiger partial charge in [-0.3, -0.25) is 0 Å². The molecule has 0 saturated carbocycles. The Labute approximate surface area is 112 Å². The second kappa shape index (κ2) is 7.42. The van der Waals surface area contributed by atoms with Crippen LogP contribution in [0.1, 0.15) is 31.9 Å². The van der Waals surface area contributed by atoms with E-state index in [1.807, 2.05) is 0 Å². The Bertz CT molecular complexity index is 360. The first-order valence-electron chi connectivity index (χ1n) is 6.92. The van der Waals surface area contributed by atoms with Gasteiger partial charge >= 0.3 is 0 Å². The minimum absolute atomic E-state index is 0.653. The van der Waals surface area contributed by atoms with Gasteiger partial charge in [0.25, 0.3) is 0 Å². The Morgan fingerprint density at radius 1 is 1.28 bits per heavy atom. The Kier molecular flexibility index (Phi) is 6.20. The highest BCUT2D eigenvalue weighted by molar-refractivity contribution is 5.37. The molecule has 0 aliphatic carbocycles. The van der Waals surface area contributed by atoms with Gasteiger partial charge in [0.2, 0.25) is 0 Å². The van der Waals surface area contributed by atoms with Crippen LogP contribution >= 0.6 is 0 Å². The van der Waals surface area contributed by atoms with Gasteiger partial charge < -0.3 is 10.1 Å². The quantitative estimate of drug-likeness (QED) is 0.799. The summed E-state index contributed by atoms with van der Waals surface area (Å²) in [6, 6.07) is 6.44. The van der Waals surface area contributed by atoms with Crippen LogP contribution in [-0.2, 0) is 6.42 Å². The highest BCUT2D eigenvalue weighted by Crippen LogP contribution is 2.25. The molecule has 1 atom stereocenters. The number of rotatable bonds is 7. The van der Waals surface area contributed by atoms with Crippen LogP contribution in [-0.4, -0.2) is 20.2 Å². The Hall–Kier alpha value is -1.02. The molecule has 102 valence electrons. The summed E-state index contributed by atoms with van der Waals surface area (Å²) in [6.07, 6.45) is 1.08. The molecule has 0 bridgehead atoms. The summed E-state index contributed by atoms with van der Waals surface area (Å²) in [4.78, 5) is 0. The van der Waals surface area contributed by atoms with Gasteiger partial charge in [-0.15, -0.1) is 0 Å². The largest absolute Gasteiger partial charge is 0.496 e. The van der Waals surface area contributed by atoms with Crippen LogP contribution in [0.2, 0.25) is 0 Å². The van der Waals surface area contributed by atoms with Crippen LogP contribution in [0.4, 0.5) is 0 Å². The average molecular weight is 249 g/mol. The number of aryl methyl sites for hydroxylation is 1. The first-order valence-corrected chi connectivity index (χ1v) is 6.92. The molecule has 1 aromatic carbocycles. The summed E-state index contributed by atoms with van der Waals surface area (Å²) in [5, 5.41) is 3.46. The van der Waals surface area contributed by atoms with Crippen LogP contribution in [0.15, 0.2) is 18.2 Å². The number of hydrogen-bond acceptors (Lipinski definition) is 2. The monoisotopic (exact) mass is 249 g/mol. The summed E-state index contributed by atoms with van der Waals surface area (Å²) >= 11 is 0. The lowest BCUT2D eigenvalue weighted by molar-refractivity contribution is 0.353. The fourth-order valence-electron chi connectivity index (χ4n) is 2.22. The van der Waals surface area contributed by atoms with E-state index in [1.54, 1.807) is 7.11 Å².